The second-order valence-electron chi connectivity index (χ2n) is 16.7. The van der Waals surface area contributed by atoms with Gasteiger partial charge in [-0.25, -0.2) is 13.8 Å². The molecule has 0 aliphatic heterocycles. The van der Waals surface area contributed by atoms with Gasteiger partial charge in [-0.1, -0.05) is 25.7 Å². The van der Waals surface area contributed by atoms with Gasteiger partial charge in [0.25, 0.3) is 0 Å². The molecule has 11 heteroatoms. The summed E-state index contributed by atoms with van der Waals surface area (Å²) < 4.78 is 51.9. The van der Waals surface area contributed by atoms with Crippen molar-refractivity contribution in [2.45, 2.75) is 127 Å². The van der Waals surface area contributed by atoms with E-state index in [0.29, 0.717) is 25.2 Å². The predicted octanol–water partition coefficient (Wildman–Crippen LogP) is 7.49. The number of carbonyl (C=O) groups excluding carboxylic acids is 1. The molecule has 4 fully saturated rings. The first-order valence-electron chi connectivity index (χ1n) is 17.0. The minimum atomic E-state index is -2.62. The Hall–Kier alpha value is -1.53. The van der Waals surface area contributed by atoms with Crippen LogP contribution >= 0.6 is 0 Å². The first kappa shape index (κ1) is 33.4. The standard InChI is InChI=1S/C34H52F2N4O3SSi/c1-33(2,3)44(42)39-31(26-15-24-14-25(24)16-26)32-37-27-10-9-23(17-28(27)40(32)20-43-11-12-45(4,5)6)30(22-7-8-22)38-29(41)13-21-18-34(35,36)19-21/h9-10,17,21-22,24-26,30-31,39H,7-8,11-16,18-20H2,1-6H3,(H,38,41)/t24-,25+,26?,30-,31+,44?/m1/s1. The third kappa shape index (κ3) is 8.13. The fraction of sp³-hybridized carbons (Fsp3) is 0.765. The molecule has 1 heterocycles. The Kier molecular flexibility index (Phi) is 9.26. The van der Waals surface area contributed by atoms with Crippen molar-refractivity contribution in [1.29, 1.82) is 0 Å². The Morgan fingerprint density at radius 1 is 1.13 bits per heavy atom. The van der Waals surface area contributed by atoms with Gasteiger partial charge < -0.3 is 19.2 Å². The maximum absolute atomic E-state index is 13.5. The number of rotatable bonds is 14. The average Bonchev–Trinajstić information content (AvgIpc) is 3.83. The fourth-order valence-corrected chi connectivity index (χ4v) is 8.91. The van der Waals surface area contributed by atoms with Crippen molar-refractivity contribution in [3.63, 3.8) is 0 Å². The highest BCUT2D eigenvalue weighted by Gasteiger charge is 2.50. The molecule has 1 aromatic carbocycles. The molecule has 6 atom stereocenters. The number of aromatic nitrogens is 2. The highest BCUT2D eigenvalue weighted by Crippen LogP contribution is 2.57. The smallest absolute Gasteiger partial charge is 0.248 e. The lowest BCUT2D eigenvalue weighted by Gasteiger charge is -2.34. The van der Waals surface area contributed by atoms with Crippen molar-refractivity contribution in [1.82, 2.24) is 19.6 Å². The van der Waals surface area contributed by atoms with Crippen LogP contribution in [0.2, 0.25) is 25.7 Å². The lowest BCUT2D eigenvalue weighted by molar-refractivity contribution is -0.134. The Bertz CT molecular complexity index is 1370. The maximum atomic E-state index is 13.5. The second-order valence-corrected chi connectivity index (χ2v) is 24.3. The maximum Gasteiger partial charge on any atom is 0.248 e. The van der Waals surface area contributed by atoms with Crippen molar-refractivity contribution in [3.05, 3.63) is 29.6 Å². The van der Waals surface area contributed by atoms with E-state index in [-0.39, 0.29) is 43.2 Å². The topological polar surface area (TPSA) is 91.2 Å². The van der Waals surface area contributed by atoms with Gasteiger partial charge in [0.1, 0.15) is 23.3 Å². The number of nitrogens with zero attached hydrogens (tertiary/aromatic N) is 2. The molecule has 0 saturated heterocycles. The van der Waals surface area contributed by atoms with Crippen LogP contribution < -0.4 is 10.0 Å². The lowest BCUT2D eigenvalue weighted by atomic mass is 9.79. The van der Waals surface area contributed by atoms with Gasteiger partial charge in [0.15, 0.2) is 0 Å². The zero-order chi connectivity index (χ0) is 32.3. The first-order valence-corrected chi connectivity index (χ1v) is 21.8. The molecule has 2 N–H and O–H groups in total. The SMILES string of the molecule is CC(C)(C)[S+]([O-])N[C@H](c1nc2ccc([C@H](NC(=O)CC3CC(F)(F)C3)C3CC3)cc2n1COCC[Si](C)(C)C)C1C[C@@H]2C[C@@H]2C1. The van der Waals surface area contributed by atoms with Crippen LogP contribution in [-0.4, -0.2) is 45.4 Å². The number of hydrogen-bond donors (Lipinski definition) is 2. The van der Waals surface area contributed by atoms with Crippen molar-refractivity contribution in [3.8, 4) is 0 Å². The molecule has 4 aliphatic rings. The number of imidazole rings is 1. The Labute approximate surface area is 271 Å². The van der Waals surface area contributed by atoms with E-state index in [2.05, 4.69) is 46.4 Å². The van der Waals surface area contributed by atoms with Crippen LogP contribution in [0, 0.1) is 29.6 Å². The van der Waals surface area contributed by atoms with Crippen molar-refractivity contribution < 1.29 is 22.9 Å². The van der Waals surface area contributed by atoms with Crippen LogP contribution in [0.1, 0.15) is 95.6 Å². The normalized spacial score (nSPS) is 26.7. The summed E-state index contributed by atoms with van der Waals surface area (Å²) in [4.78, 5) is 18.2. The van der Waals surface area contributed by atoms with Crippen LogP contribution in [0.3, 0.4) is 0 Å². The molecular weight excluding hydrogens is 611 g/mol. The summed E-state index contributed by atoms with van der Waals surface area (Å²) in [5.41, 5.74) is 2.82. The highest BCUT2D eigenvalue weighted by atomic mass is 32.2. The zero-order valence-corrected chi connectivity index (χ0v) is 29.7. The number of fused-ring (bicyclic) bond motifs is 2. The number of hydrogen-bond acceptors (Lipinski definition) is 5. The van der Waals surface area contributed by atoms with E-state index in [1.165, 1.54) is 6.42 Å². The molecule has 4 saturated carbocycles. The molecule has 2 aromatic rings. The molecule has 0 bridgehead atoms. The van der Waals surface area contributed by atoms with Gasteiger partial charge in [-0.05, 0) is 106 Å². The van der Waals surface area contributed by atoms with Crippen molar-refractivity contribution in [2.24, 2.45) is 29.6 Å². The number of benzene rings is 1. The third-order valence-corrected chi connectivity index (χ3v) is 13.5. The number of nitrogens with one attached hydrogen (secondary N) is 2. The largest absolute Gasteiger partial charge is 0.598 e. The molecule has 0 radical (unpaired) electrons. The molecule has 250 valence electrons. The monoisotopic (exact) mass is 662 g/mol. The minimum absolute atomic E-state index is 0.148. The average molecular weight is 663 g/mol. The number of alkyl halides is 2. The summed E-state index contributed by atoms with van der Waals surface area (Å²) in [6.45, 7) is 14.1. The molecule has 45 heavy (non-hydrogen) atoms. The van der Waals surface area contributed by atoms with Gasteiger partial charge in [0.2, 0.25) is 11.8 Å². The molecule has 0 spiro atoms. The molecule has 1 amide bonds. The molecule has 1 aromatic heterocycles. The summed E-state index contributed by atoms with van der Waals surface area (Å²) in [6, 6.07) is 6.96. The van der Waals surface area contributed by atoms with Gasteiger partial charge in [-0.15, -0.1) is 4.72 Å². The van der Waals surface area contributed by atoms with E-state index >= 15 is 0 Å². The first-order chi connectivity index (χ1) is 21.1. The number of carbonyl (C=O) groups is 1. The quantitative estimate of drug-likeness (QED) is 0.124. The summed E-state index contributed by atoms with van der Waals surface area (Å²) >= 11 is -1.26. The molecule has 2 unspecified atom stereocenters. The van der Waals surface area contributed by atoms with Crippen molar-refractivity contribution in [2.75, 3.05) is 6.61 Å². The summed E-state index contributed by atoms with van der Waals surface area (Å²) in [7, 11) is -1.28. The number of amides is 1. The van der Waals surface area contributed by atoms with Gasteiger partial charge in [-0.2, -0.15) is 0 Å². The lowest BCUT2D eigenvalue weighted by Crippen LogP contribution is -2.44. The van der Waals surface area contributed by atoms with E-state index in [1.807, 2.05) is 26.8 Å². The molecular formula is C34H52F2N4O3SSi. The Balaban J connectivity index is 1.30. The predicted molar refractivity (Wildman–Crippen MR) is 178 cm³/mol. The van der Waals surface area contributed by atoms with Gasteiger partial charge in [0, 0.05) is 45.3 Å². The third-order valence-electron chi connectivity index (χ3n) is 10.3. The zero-order valence-electron chi connectivity index (χ0n) is 27.8. The van der Waals surface area contributed by atoms with Crippen LogP contribution in [0.5, 0.6) is 0 Å². The van der Waals surface area contributed by atoms with E-state index < -0.39 is 30.1 Å². The van der Waals surface area contributed by atoms with Gasteiger partial charge in [-0.3, -0.25) is 4.79 Å². The summed E-state index contributed by atoms with van der Waals surface area (Å²) in [5, 5.41) is 3.21. The van der Waals surface area contributed by atoms with Crippen molar-refractivity contribution >= 4 is 36.4 Å². The van der Waals surface area contributed by atoms with E-state index in [4.69, 9.17) is 9.72 Å². The number of ether oxygens (including phenoxy) is 1. The minimum Gasteiger partial charge on any atom is -0.598 e. The van der Waals surface area contributed by atoms with E-state index in [9.17, 15) is 18.1 Å². The molecule has 6 rings (SSSR count). The van der Waals surface area contributed by atoms with Crippen LogP contribution in [0.4, 0.5) is 8.78 Å². The molecule has 4 aliphatic carbocycles. The van der Waals surface area contributed by atoms with Gasteiger partial charge in [0.05, 0.1) is 17.1 Å². The Morgan fingerprint density at radius 2 is 1.82 bits per heavy atom. The molecule has 7 nitrogen and oxygen atoms in total. The summed E-state index contributed by atoms with van der Waals surface area (Å²) in [5.74, 6) is 0.0973. The fourth-order valence-electron chi connectivity index (χ4n) is 7.27. The van der Waals surface area contributed by atoms with E-state index in [0.717, 1.165) is 66.0 Å². The second kappa shape index (κ2) is 12.5. The number of halogens is 2. The summed E-state index contributed by atoms with van der Waals surface area (Å²) in [6.07, 6.45) is 5.37. The van der Waals surface area contributed by atoms with E-state index in [1.54, 1.807) is 0 Å². The van der Waals surface area contributed by atoms with Gasteiger partial charge >= 0.3 is 0 Å². The van der Waals surface area contributed by atoms with Crippen LogP contribution in [0.15, 0.2) is 18.2 Å². The Morgan fingerprint density at radius 3 is 2.42 bits per heavy atom. The highest BCUT2D eigenvalue weighted by molar-refractivity contribution is 7.90. The van der Waals surface area contributed by atoms with Crippen LogP contribution in [0.25, 0.3) is 11.0 Å². The van der Waals surface area contributed by atoms with Crippen LogP contribution in [-0.2, 0) is 27.6 Å².